The van der Waals surface area contributed by atoms with Crippen LogP contribution in [0.25, 0.3) is 0 Å². The van der Waals surface area contributed by atoms with Gasteiger partial charge in [0, 0.05) is 11.1 Å². The fourth-order valence-corrected chi connectivity index (χ4v) is 2.13. The van der Waals surface area contributed by atoms with E-state index in [0.717, 1.165) is 24.3 Å². The third kappa shape index (κ3) is 3.98. The number of rotatable bonds is 3. The second-order valence-corrected chi connectivity index (χ2v) is 6.25. The van der Waals surface area contributed by atoms with E-state index in [1.165, 1.54) is 12.8 Å². The molecular formula is C16H23NO2. The number of ether oxygens (including phenoxy) is 1. The maximum Gasteiger partial charge on any atom is 0.229 e. The van der Waals surface area contributed by atoms with Gasteiger partial charge < -0.3 is 10.1 Å². The van der Waals surface area contributed by atoms with Crippen molar-refractivity contribution in [2.45, 2.75) is 52.6 Å². The molecule has 104 valence electrons. The molecule has 3 nitrogen and oxygen atoms in total. The topological polar surface area (TPSA) is 38.3 Å². The van der Waals surface area contributed by atoms with Crippen LogP contribution < -0.4 is 10.1 Å². The van der Waals surface area contributed by atoms with Gasteiger partial charge in [-0.05, 0) is 49.9 Å². The Morgan fingerprint density at radius 2 is 1.74 bits per heavy atom. The van der Waals surface area contributed by atoms with Gasteiger partial charge >= 0.3 is 0 Å². The van der Waals surface area contributed by atoms with E-state index in [4.69, 9.17) is 4.74 Å². The maximum absolute atomic E-state index is 11.9. The molecule has 0 heterocycles. The van der Waals surface area contributed by atoms with E-state index in [0.29, 0.717) is 6.10 Å². The summed E-state index contributed by atoms with van der Waals surface area (Å²) < 4.78 is 5.89. The van der Waals surface area contributed by atoms with E-state index in [2.05, 4.69) is 5.32 Å². The Balaban J connectivity index is 1.92. The number of hydrogen-bond acceptors (Lipinski definition) is 2. The molecule has 0 saturated heterocycles. The molecule has 0 aliphatic heterocycles. The molecule has 1 amide bonds. The monoisotopic (exact) mass is 261 g/mol. The fraction of sp³-hybridized carbons (Fsp3) is 0.562. The standard InChI is InChI=1S/C16H23NO2/c1-16(2,3)15(18)17-12-8-10-14(11-9-12)19-13-6-4-5-7-13/h8-11,13H,4-7H2,1-3H3,(H,17,18). The lowest BCUT2D eigenvalue weighted by atomic mass is 9.95. The molecule has 0 aromatic heterocycles. The summed E-state index contributed by atoms with van der Waals surface area (Å²) in [6, 6.07) is 7.65. The average molecular weight is 261 g/mol. The highest BCUT2D eigenvalue weighted by molar-refractivity contribution is 5.94. The molecule has 0 unspecified atom stereocenters. The summed E-state index contributed by atoms with van der Waals surface area (Å²) in [6.07, 6.45) is 5.22. The normalized spacial score (nSPS) is 16.4. The predicted octanol–water partition coefficient (Wildman–Crippen LogP) is 3.99. The molecule has 1 aliphatic carbocycles. The van der Waals surface area contributed by atoms with Crippen molar-refractivity contribution >= 4 is 11.6 Å². The average Bonchev–Trinajstić information content (AvgIpc) is 2.83. The summed E-state index contributed by atoms with van der Waals surface area (Å²) in [7, 11) is 0. The van der Waals surface area contributed by atoms with E-state index >= 15 is 0 Å². The third-order valence-corrected chi connectivity index (χ3v) is 3.40. The van der Waals surface area contributed by atoms with E-state index < -0.39 is 0 Å². The first-order valence-electron chi connectivity index (χ1n) is 7.03. The Morgan fingerprint density at radius 3 is 2.26 bits per heavy atom. The molecule has 1 aromatic rings. The highest BCUT2D eigenvalue weighted by atomic mass is 16.5. The summed E-state index contributed by atoms with van der Waals surface area (Å²) in [5, 5.41) is 2.91. The number of carbonyl (C=O) groups is 1. The van der Waals surface area contributed by atoms with Gasteiger partial charge in [0.15, 0.2) is 0 Å². The molecule has 0 bridgehead atoms. The molecule has 1 N–H and O–H groups in total. The molecule has 1 saturated carbocycles. The zero-order chi connectivity index (χ0) is 13.9. The highest BCUT2D eigenvalue weighted by Gasteiger charge is 2.21. The molecular weight excluding hydrogens is 238 g/mol. The highest BCUT2D eigenvalue weighted by Crippen LogP contribution is 2.25. The smallest absolute Gasteiger partial charge is 0.229 e. The van der Waals surface area contributed by atoms with Crippen LogP contribution in [0.5, 0.6) is 5.75 Å². The van der Waals surface area contributed by atoms with Gasteiger partial charge in [0.25, 0.3) is 0 Å². The Kier molecular flexibility index (Phi) is 4.13. The number of anilines is 1. The lowest BCUT2D eigenvalue weighted by molar-refractivity contribution is -0.123. The van der Waals surface area contributed by atoms with Gasteiger partial charge in [0.1, 0.15) is 5.75 Å². The van der Waals surface area contributed by atoms with Crippen LogP contribution in [0, 0.1) is 5.41 Å². The van der Waals surface area contributed by atoms with E-state index in [1.807, 2.05) is 45.0 Å². The number of benzene rings is 1. The summed E-state index contributed by atoms with van der Waals surface area (Å²) in [5.74, 6) is 0.914. The molecule has 1 fully saturated rings. The summed E-state index contributed by atoms with van der Waals surface area (Å²) in [4.78, 5) is 11.9. The molecule has 0 spiro atoms. The van der Waals surface area contributed by atoms with Crippen LogP contribution in [0.4, 0.5) is 5.69 Å². The van der Waals surface area contributed by atoms with Gasteiger partial charge in [-0.15, -0.1) is 0 Å². The van der Waals surface area contributed by atoms with Crippen molar-refractivity contribution in [3.8, 4) is 5.75 Å². The molecule has 19 heavy (non-hydrogen) atoms. The van der Waals surface area contributed by atoms with Crippen molar-refractivity contribution in [2.24, 2.45) is 5.41 Å². The molecule has 3 heteroatoms. The van der Waals surface area contributed by atoms with Crippen LogP contribution in [0.3, 0.4) is 0 Å². The second-order valence-electron chi connectivity index (χ2n) is 6.25. The van der Waals surface area contributed by atoms with Crippen molar-refractivity contribution in [3.05, 3.63) is 24.3 Å². The van der Waals surface area contributed by atoms with Crippen molar-refractivity contribution in [3.63, 3.8) is 0 Å². The van der Waals surface area contributed by atoms with Gasteiger partial charge in [0.05, 0.1) is 6.10 Å². The van der Waals surface area contributed by atoms with Crippen molar-refractivity contribution < 1.29 is 9.53 Å². The second kappa shape index (κ2) is 5.64. The van der Waals surface area contributed by atoms with Crippen LogP contribution in [0.2, 0.25) is 0 Å². The van der Waals surface area contributed by atoms with Gasteiger partial charge in [-0.3, -0.25) is 4.79 Å². The van der Waals surface area contributed by atoms with Gasteiger partial charge in [-0.1, -0.05) is 20.8 Å². The van der Waals surface area contributed by atoms with Crippen LogP contribution in [-0.2, 0) is 4.79 Å². The quantitative estimate of drug-likeness (QED) is 0.893. The SMILES string of the molecule is CC(C)(C)C(=O)Nc1ccc(OC2CCCC2)cc1. The first kappa shape index (κ1) is 13.9. The number of amides is 1. The molecule has 2 rings (SSSR count). The Labute approximate surface area is 115 Å². The number of hydrogen-bond donors (Lipinski definition) is 1. The van der Waals surface area contributed by atoms with Gasteiger partial charge in [0.2, 0.25) is 5.91 Å². The van der Waals surface area contributed by atoms with Gasteiger partial charge in [-0.25, -0.2) is 0 Å². The van der Waals surface area contributed by atoms with Crippen molar-refractivity contribution in [2.75, 3.05) is 5.32 Å². The van der Waals surface area contributed by atoms with Crippen molar-refractivity contribution in [1.82, 2.24) is 0 Å². The minimum atomic E-state index is -0.376. The summed E-state index contributed by atoms with van der Waals surface area (Å²) >= 11 is 0. The zero-order valence-corrected chi connectivity index (χ0v) is 12.0. The number of carbonyl (C=O) groups excluding carboxylic acids is 1. The Hall–Kier alpha value is -1.51. The molecule has 0 radical (unpaired) electrons. The summed E-state index contributed by atoms with van der Waals surface area (Å²) in [6.45, 7) is 5.71. The zero-order valence-electron chi connectivity index (χ0n) is 12.0. The lowest BCUT2D eigenvalue weighted by Crippen LogP contribution is -2.27. The Bertz CT molecular complexity index is 425. The maximum atomic E-state index is 11.9. The van der Waals surface area contributed by atoms with Gasteiger partial charge in [-0.2, -0.15) is 0 Å². The first-order valence-corrected chi connectivity index (χ1v) is 7.03. The largest absolute Gasteiger partial charge is 0.490 e. The summed E-state index contributed by atoms with van der Waals surface area (Å²) in [5.41, 5.74) is 0.442. The van der Waals surface area contributed by atoms with Crippen LogP contribution in [0.1, 0.15) is 46.5 Å². The van der Waals surface area contributed by atoms with Crippen molar-refractivity contribution in [1.29, 1.82) is 0 Å². The van der Waals surface area contributed by atoms with Crippen LogP contribution in [0.15, 0.2) is 24.3 Å². The minimum absolute atomic E-state index is 0.0250. The number of nitrogens with one attached hydrogen (secondary N) is 1. The Morgan fingerprint density at radius 1 is 1.16 bits per heavy atom. The molecule has 1 aromatic carbocycles. The lowest BCUT2D eigenvalue weighted by Gasteiger charge is -2.18. The van der Waals surface area contributed by atoms with Crippen LogP contribution in [-0.4, -0.2) is 12.0 Å². The predicted molar refractivity (Wildman–Crippen MR) is 77.4 cm³/mol. The van der Waals surface area contributed by atoms with E-state index in [9.17, 15) is 4.79 Å². The van der Waals surface area contributed by atoms with E-state index in [1.54, 1.807) is 0 Å². The molecule has 1 aliphatic rings. The fourth-order valence-electron chi connectivity index (χ4n) is 2.13. The first-order chi connectivity index (χ1) is 8.95. The minimum Gasteiger partial charge on any atom is -0.490 e. The van der Waals surface area contributed by atoms with Crippen LogP contribution >= 0.6 is 0 Å². The van der Waals surface area contributed by atoms with E-state index in [-0.39, 0.29) is 11.3 Å². The molecule has 0 atom stereocenters. The third-order valence-electron chi connectivity index (χ3n) is 3.40.